The molecule has 0 spiro atoms. The molecule has 9 heteroatoms. The minimum atomic E-state index is -0.683. The van der Waals surface area contributed by atoms with Crippen molar-refractivity contribution in [1.82, 2.24) is 19.7 Å². The van der Waals surface area contributed by atoms with Gasteiger partial charge in [0.05, 0.1) is 17.8 Å². The lowest BCUT2D eigenvalue weighted by Gasteiger charge is -2.17. The Balaban J connectivity index is 1.56. The van der Waals surface area contributed by atoms with Crippen molar-refractivity contribution < 1.29 is 13.3 Å². The summed E-state index contributed by atoms with van der Waals surface area (Å²) in [5.74, 6) is -0.756. The van der Waals surface area contributed by atoms with Gasteiger partial charge in [0, 0.05) is 17.5 Å². The van der Waals surface area contributed by atoms with Crippen molar-refractivity contribution in [2.24, 2.45) is 0 Å². The Kier molecular flexibility index (Phi) is 7.31. The Morgan fingerprint density at radius 3 is 2.33 bits per heavy atom. The van der Waals surface area contributed by atoms with Crippen molar-refractivity contribution in [2.45, 2.75) is 39.7 Å². The minimum Gasteiger partial charge on any atom is -0.296 e. The molecule has 0 atom stereocenters. The van der Waals surface area contributed by atoms with Gasteiger partial charge in [0.2, 0.25) is 0 Å². The van der Waals surface area contributed by atoms with E-state index in [2.05, 4.69) is 14.7 Å². The molecule has 0 saturated carbocycles. The summed E-state index contributed by atoms with van der Waals surface area (Å²) < 4.78 is 35.2. The van der Waals surface area contributed by atoms with E-state index in [1.807, 2.05) is 6.92 Å². The molecular weight excluding hydrogens is 502 g/mol. The second-order valence-electron chi connectivity index (χ2n) is 9.29. The predicted molar refractivity (Wildman–Crippen MR) is 144 cm³/mol. The van der Waals surface area contributed by atoms with Gasteiger partial charge < -0.3 is 0 Å². The highest BCUT2D eigenvalue weighted by molar-refractivity contribution is 5.80. The molecule has 3 aromatic carbocycles. The van der Waals surface area contributed by atoms with Crippen molar-refractivity contribution in [3.8, 4) is 33.6 Å². The zero-order chi connectivity index (χ0) is 27.5. The van der Waals surface area contributed by atoms with Crippen LogP contribution >= 0.6 is 0 Å². The molecule has 1 N–H and O–H groups in total. The average Bonchev–Trinajstić information content (AvgIpc) is 3.37. The number of hydrogen-bond donors (Lipinski definition) is 1. The molecule has 0 fully saturated rings. The quantitative estimate of drug-likeness (QED) is 0.271. The van der Waals surface area contributed by atoms with Crippen LogP contribution < -0.4 is 11.3 Å². The van der Waals surface area contributed by atoms with Crippen LogP contribution in [0.1, 0.15) is 36.8 Å². The number of unbranched alkanes of at least 4 members (excludes halogenated alkanes) is 1. The van der Waals surface area contributed by atoms with Crippen LogP contribution in [0, 0.1) is 18.6 Å². The number of halogens is 2. The third-order valence-electron chi connectivity index (χ3n) is 6.63. The van der Waals surface area contributed by atoms with Gasteiger partial charge in [-0.3, -0.25) is 18.9 Å². The number of nitrogens with zero attached hydrogens (tertiary/aromatic N) is 3. The molecule has 2 heterocycles. The molecule has 7 nitrogen and oxygen atoms in total. The summed E-state index contributed by atoms with van der Waals surface area (Å²) in [5.41, 5.74) is 3.30. The predicted octanol–water partition coefficient (Wildman–Crippen LogP) is 5.90. The van der Waals surface area contributed by atoms with E-state index in [0.29, 0.717) is 51.3 Å². The molecule has 0 aliphatic heterocycles. The van der Waals surface area contributed by atoms with Crippen molar-refractivity contribution >= 4 is 0 Å². The largest absolute Gasteiger partial charge is 0.439 e. The summed E-state index contributed by atoms with van der Waals surface area (Å²) in [6.45, 7) is 3.80. The standard InChI is InChI=1S/C30H26F2N4O3/c1-3-4-9-26-33-18(2)27(19-12-14-22(31)15-13-19)29(37)36(26)17-21-11-10-20(16-25(21)32)23-7-5-6-8-24(23)28-34-30(38)39-35-28/h5-8,10-16H,3-4,9,17H2,1-2H3,(H,34,35,38). The van der Waals surface area contributed by atoms with Crippen LogP contribution in [-0.4, -0.2) is 19.7 Å². The zero-order valence-corrected chi connectivity index (χ0v) is 21.5. The average molecular weight is 529 g/mol. The second-order valence-corrected chi connectivity index (χ2v) is 9.29. The van der Waals surface area contributed by atoms with Crippen LogP contribution in [0.5, 0.6) is 0 Å². The molecule has 0 radical (unpaired) electrons. The molecule has 0 aliphatic rings. The number of aryl methyl sites for hydroxylation is 2. The van der Waals surface area contributed by atoms with E-state index in [1.54, 1.807) is 55.5 Å². The van der Waals surface area contributed by atoms with E-state index in [4.69, 9.17) is 4.98 Å². The van der Waals surface area contributed by atoms with Gasteiger partial charge in [-0.25, -0.2) is 18.6 Å². The fourth-order valence-corrected chi connectivity index (χ4v) is 4.66. The molecule has 0 bridgehead atoms. The summed E-state index contributed by atoms with van der Waals surface area (Å²) in [6.07, 6.45) is 2.30. The van der Waals surface area contributed by atoms with Gasteiger partial charge in [-0.05, 0) is 48.2 Å². The first kappa shape index (κ1) is 26.0. The third-order valence-corrected chi connectivity index (χ3v) is 6.63. The van der Waals surface area contributed by atoms with Crippen LogP contribution in [0.2, 0.25) is 0 Å². The lowest BCUT2D eigenvalue weighted by Crippen LogP contribution is -2.28. The van der Waals surface area contributed by atoms with Crippen LogP contribution in [0.4, 0.5) is 8.78 Å². The highest BCUT2D eigenvalue weighted by atomic mass is 19.1. The lowest BCUT2D eigenvalue weighted by atomic mass is 9.98. The number of aromatic amines is 1. The molecule has 0 unspecified atom stereocenters. The third kappa shape index (κ3) is 5.34. The Morgan fingerprint density at radius 2 is 1.67 bits per heavy atom. The minimum absolute atomic E-state index is 0.0102. The van der Waals surface area contributed by atoms with Crippen molar-refractivity contribution in [3.05, 3.63) is 116 Å². The van der Waals surface area contributed by atoms with E-state index in [9.17, 15) is 14.0 Å². The van der Waals surface area contributed by atoms with Crippen molar-refractivity contribution in [1.29, 1.82) is 0 Å². The number of rotatable bonds is 8. The Morgan fingerprint density at radius 1 is 0.949 bits per heavy atom. The second kappa shape index (κ2) is 11.0. The topological polar surface area (TPSA) is 93.8 Å². The first-order valence-corrected chi connectivity index (χ1v) is 12.7. The van der Waals surface area contributed by atoms with Crippen LogP contribution in [0.25, 0.3) is 33.6 Å². The highest BCUT2D eigenvalue weighted by Crippen LogP contribution is 2.31. The Hall–Kier alpha value is -4.66. The van der Waals surface area contributed by atoms with Crippen LogP contribution in [-0.2, 0) is 13.0 Å². The number of benzene rings is 3. The normalized spacial score (nSPS) is 11.2. The first-order valence-electron chi connectivity index (χ1n) is 12.7. The Bertz CT molecular complexity index is 1750. The molecular formula is C30H26F2N4O3. The van der Waals surface area contributed by atoms with Gasteiger partial charge in [-0.2, -0.15) is 0 Å². The van der Waals surface area contributed by atoms with E-state index in [-0.39, 0.29) is 17.9 Å². The summed E-state index contributed by atoms with van der Waals surface area (Å²) in [5, 5.41) is 3.75. The monoisotopic (exact) mass is 528 g/mol. The van der Waals surface area contributed by atoms with Gasteiger partial charge >= 0.3 is 5.76 Å². The van der Waals surface area contributed by atoms with E-state index in [1.165, 1.54) is 22.8 Å². The molecule has 39 heavy (non-hydrogen) atoms. The maximum absolute atomic E-state index is 15.6. The zero-order valence-electron chi connectivity index (χ0n) is 21.5. The van der Waals surface area contributed by atoms with Crippen LogP contribution in [0.3, 0.4) is 0 Å². The first-order chi connectivity index (χ1) is 18.9. The molecule has 5 rings (SSSR count). The van der Waals surface area contributed by atoms with Crippen molar-refractivity contribution in [3.63, 3.8) is 0 Å². The maximum atomic E-state index is 15.6. The molecule has 2 aromatic heterocycles. The highest BCUT2D eigenvalue weighted by Gasteiger charge is 2.18. The van der Waals surface area contributed by atoms with Gasteiger partial charge in [0.25, 0.3) is 5.56 Å². The summed E-state index contributed by atoms with van der Waals surface area (Å²) in [6, 6.07) is 17.6. The lowest BCUT2D eigenvalue weighted by molar-refractivity contribution is 0.388. The number of aromatic nitrogens is 4. The molecule has 0 aliphatic carbocycles. The number of hydrogen-bond acceptors (Lipinski definition) is 5. The molecule has 0 saturated heterocycles. The molecule has 0 amide bonds. The summed E-state index contributed by atoms with van der Waals surface area (Å²) in [4.78, 5) is 32.4. The van der Waals surface area contributed by atoms with Gasteiger partial charge in [0.15, 0.2) is 5.82 Å². The van der Waals surface area contributed by atoms with E-state index < -0.39 is 17.4 Å². The van der Waals surface area contributed by atoms with Gasteiger partial charge in [0.1, 0.15) is 17.5 Å². The summed E-state index contributed by atoms with van der Waals surface area (Å²) in [7, 11) is 0. The van der Waals surface area contributed by atoms with Crippen molar-refractivity contribution in [2.75, 3.05) is 0 Å². The fourth-order valence-electron chi connectivity index (χ4n) is 4.66. The molecule has 198 valence electrons. The van der Waals surface area contributed by atoms with E-state index >= 15 is 4.39 Å². The van der Waals surface area contributed by atoms with Crippen LogP contribution in [0.15, 0.2) is 80.8 Å². The number of H-pyrrole nitrogens is 1. The smallest absolute Gasteiger partial charge is 0.296 e. The maximum Gasteiger partial charge on any atom is 0.439 e. The molecule has 5 aromatic rings. The van der Waals surface area contributed by atoms with Gasteiger partial charge in [-0.1, -0.05) is 67.0 Å². The SMILES string of the molecule is CCCCc1nc(C)c(-c2ccc(F)cc2)c(=O)n1Cc1ccc(-c2ccccc2-c2noc(=O)[nH]2)cc1F. The van der Waals surface area contributed by atoms with E-state index in [0.717, 1.165) is 12.8 Å². The van der Waals surface area contributed by atoms with Gasteiger partial charge in [-0.15, -0.1) is 0 Å². The number of nitrogens with one attached hydrogen (secondary N) is 1. The Labute approximate surface area is 222 Å². The fraction of sp³-hybridized carbons (Fsp3) is 0.200. The summed E-state index contributed by atoms with van der Waals surface area (Å²) >= 11 is 0.